The van der Waals surface area contributed by atoms with Crippen molar-refractivity contribution in [2.24, 2.45) is 5.92 Å². The molecule has 2 aromatic rings. The molecule has 0 spiro atoms. The molecule has 0 unspecified atom stereocenters. The van der Waals surface area contributed by atoms with E-state index in [0.29, 0.717) is 12.5 Å². The fourth-order valence-electron chi connectivity index (χ4n) is 1.84. The fraction of sp³-hybridized carbons (Fsp3) is 0.667. The maximum atomic E-state index is 4.28. The van der Waals surface area contributed by atoms with Crippen molar-refractivity contribution in [1.29, 1.82) is 0 Å². The number of nitrogens with one attached hydrogen (secondary N) is 1. The van der Waals surface area contributed by atoms with Gasteiger partial charge in [-0.1, -0.05) is 13.8 Å². The summed E-state index contributed by atoms with van der Waals surface area (Å²) < 4.78 is 3.73. The Kier molecular flexibility index (Phi) is 4.62. The van der Waals surface area contributed by atoms with Crippen LogP contribution < -0.4 is 5.32 Å². The molecule has 0 radical (unpaired) electrons. The van der Waals surface area contributed by atoms with Gasteiger partial charge in [0, 0.05) is 6.54 Å². The van der Waals surface area contributed by atoms with Gasteiger partial charge in [0.05, 0.1) is 6.54 Å². The van der Waals surface area contributed by atoms with E-state index >= 15 is 0 Å². The maximum Gasteiger partial charge on any atom is 0.148 e. The fourth-order valence-corrected chi connectivity index (χ4v) is 1.84. The lowest BCUT2D eigenvalue weighted by Crippen LogP contribution is -2.22. The SMILES string of the molecule is CCn1ncnc1Cn1ncnc1CNCC(C)C. The monoisotopic (exact) mass is 263 g/mol. The van der Waals surface area contributed by atoms with E-state index in [-0.39, 0.29) is 0 Å². The van der Waals surface area contributed by atoms with Crippen LogP contribution in [0.15, 0.2) is 12.7 Å². The average Bonchev–Trinajstić information content (AvgIpc) is 2.99. The molecular weight excluding hydrogens is 242 g/mol. The Morgan fingerprint density at radius 2 is 1.79 bits per heavy atom. The van der Waals surface area contributed by atoms with Crippen LogP contribution in [0.2, 0.25) is 0 Å². The molecule has 0 aliphatic carbocycles. The standard InChI is InChI=1S/C12H21N7/c1-4-18-12(15-9-16-18)7-19-11(14-8-17-19)6-13-5-10(2)3/h8-10,13H,4-7H2,1-3H3. The quantitative estimate of drug-likeness (QED) is 0.795. The second-order valence-electron chi connectivity index (χ2n) is 4.85. The highest BCUT2D eigenvalue weighted by molar-refractivity contribution is 4.91. The number of nitrogens with zero attached hydrogens (tertiary/aromatic N) is 6. The second kappa shape index (κ2) is 6.42. The van der Waals surface area contributed by atoms with Gasteiger partial charge in [-0.05, 0) is 19.4 Å². The van der Waals surface area contributed by atoms with Gasteiger partial charge in [0.1, 0.15) is 30.8 Å². The third-order valence-corrected chi connectivity index (χ3v) is 2.82. The molecule has 0 atom stereocenters. The predicted molar refractivity (Wildman–Crippen MR) is 71.4 cm³/mol. The molecule has 19 heavy (non-hydrogen) atoms. The minimum absolute atomic E-state index is 0.604. The largest absolute Gasteiger partial charge is 0.310 e. The van der Waals surface area contributed by atoms with Crippen molar-refractivity contribution in [3.05, 3.63) is 24.3 Å². The van der Waals surface area contributed by atoms with Gasteiger partial charge in [0.2, 0.25) is 0 Å². The van der Waals surface area contributed by atoms with E-state index < -0.39 is 0 Å². The molecule has 0 aromatic carbocycles. The van der Waals surface area contributed by atoms with E-state index in [1.165, 1.54) is 0 Å². The van der Waals surface area contributed by atoms with Gasteiger partial charge in [-0.25, -0.2) is 19.3 Å². The lowest BCUT2D eigenvalue weighted by Gasteiger charge is -2.09. The number of rotatable bonds is 7. The third-order valence-electron chi connectivity index (χ3n) is 2.82. The molecule has 0 fully saturated rings. The van der Waals surface area contributed by atoms with Crippen molar-refractivity contribution >= 4 is 0 Å². The molecule has 0 aliphatic rings. The van der Waals surface area contributed by atoms with Gasteiger partial charge in [-0.15, -0.1) is 0 Å². The molecule has 0 amide bonds. The van der Waals surface area contributed by atoms with Crippen LogP contribution in [-0.2, 0) is 19.6 Å². The summed E-state index contributed by atoms with van der Waals surface area (Å²) in [5.74, 6) is 2.45. The summed E-state index contributed by atoms with van der Waals surface area (Å²) in [4.78, 5) is 8.54. The number of aromatic nitrogens is 6. The van der Waals surface area contributed by atoms with Gasteiger partial charge < -0.3 is 5.32 Å². The minimum atomic E-state index is 0.604. The molecular formula is C12H21N7. The molecule has 2 heterocycles. The molecule has 2 aromatic heterocycles. The summed E-state index contributed by atoms with van der Waals surface area (Å²) in [5, 5.41) is 11.8. The zero-order valence-electron chi connectivity index (χ0n) is 11.7. The minimum Gasteiger partial charge on any atom is -0.310 e. The molecule has 2 rings (SSSR count). The Bertz CT molecular complexity index is 500. The topological polar surface area (TPSA) is 73.5 Å². The zero-order chi connectivity index (χ0) is 13.7. The highest BCUT2D eigenvalue weighted by Gasteiger charge is 2.09. The van der Waals surface area contributed by atoms with Crippen LogP contribution in [0.1, 0.15) is 32.4 Å². The highest BCUT2D eigenvalue weighted by atomic mass is 15.4. The smallest absolute Gasteiger partial charge is 0.148 e. The lowest BCUT2D eigenvalue weighted by molar-refractivity contribution is 0.509. The molecule has 0 saturated heterocycles. The van der Waals surface area contributed by atoms with Crippen molar-refractivity contribution in [2.75, 3.05) is 6.54 Å². The van der Waals surface area contributed by atoms with Crippen LogP contribution in [0, 0.1) is 5.92 Å². The normalized spacial score (nSPS) is 11.4. The molecule has 1 N–H and O–H groups in total. The summed E-state index contributed by atoms with van der Waals surface area (Å²) >= 11 is 0. The van der Waals surface area contributed by atoms with E-state index in [1.54, 1.807) is 12.7 Å². The number of hydrogen-bond donors (Lipinski definition) is 1. The third kappa shape index (κ3) is 3.60. The van der Waals surface area contributed by atoms with Gasteiger partial charge in [-0.3, -0.25) is 0 Å². The lowest BCUT2D eigenvalue weighted by atomic mass is 10.2. The molecule has 104 valence electrons. The zero-order valence-corrected chi connectivity index (χ0v) is 11.7. The van der Waals surface area contributed by atoms with Gasteiger partial charge in [0.15, 0.2) is 0 Å². The Hall–Kier alpha value is -1.76. The van der Waals surface area contributed by atoms with Crippen LogP contribution >= 0.6 is 0 Å². The van der Waals surface area contributed by atoms with Crippen LogP contribution in [0.25, 0.3) is 0 Å². The Balaban J connectivity index is 1.99. The van der Waals surface area contributed by atoms with Crippen molar-refractivity contribution in [2.45, 2.75) is 40.4 Å². The van der Waals surface area contributed by atoms with Crippen molar-refractivity contribution in [1.82, 2.24) is 34.8 Å². The Labute approximate surface area is 113 Å². The van der Waals surface area contributed by atoms with E-state index in [9.17, 15) is 0 Å². The summed E-state index contributed by atoms with van der Waals surface area (Å²) in [7, 11) is 0. The molecule has 7 heteroatoms. The van der Waals surface area contributed by atoms with E-state index in [4.69, 9.17) is 0 Å². The summed E-state index contributed by atoms with van der Waals surface area (Å²) in [6.07, 6.45) is 3.16. The van der Waals surface area contributed by atoms with Crippen LogP contribution in [-0.4, -0.2) is 36.1 Å². The highest BCUT2D eigenvalue weighted by Crippen LogP contribution is 2.01. The van der Waals surface area contributed by atoms with E-state index in [0.717, 1.165) is 31.3 Å². The summed E-state index contributed by atoms with van der Waals surface area (Å²) in [6.45, 7) is 9.52. The molecule has 0 aliphatic heterocycles. The molecule has 0 bridgehead atoms. The molecule has 0 saturated carbocycles. The van der Waals surface area contributed by atoms with Crippen molar-refractivity contribution in [3.8, 4) is 0 Å². The number of hydrogen-bond acceptors (Lipinski definition) is 5. The van der Waals surface area contributed by atoms with Crippen LogP contribution in [0.4, 0.5) is 0 Å². The second-order valence-corrected chi connectivity index (χ2v) is 4.85. The van der Waals surface area contributed by atoms with Crippen molar-refractivity contribution in [3.63, 3.8) is 0 Å². The predicted octanol–water partition coefficient (Wildman–Crippen LogP) is 0.683. The first-order valence-electron chi connectivity index (χ1n) is 6.64. The Morgan fingerprint density at radius 1 is 1.11 bits per heavy atom. The Morgan fingerprint density at radius 3 is 2.47 bits per heavy atom. The average molecular weight is 263 g/mol. The van der Waals surface area contributed by atoms with E-state index in [1.807, 2.05) is 16.3 Å². The van der Waals surface area contributed by atoms with Crippen molar-refractivity contribution < 1.29 is 0 Å². The van der Waals surface area contributed by atoms with Gasteiger partial charge >= 0.3 is 0 Å². The summed E-state index contributed by atoms with van der Waals surface area (Å²) in [6, 6.07) is 0. The first kappa shape index (κ1) is 13.7. The van der Waals surface area contributed by atoms with Gasteiger partial charge in [-0.2, -0.15) is 10.2 Å². The first-order chi connectivity index (χ1) is 9.20. The van der Waals surface area contributed by atoms with Gasteiger partial charge in [0.25, 0.3) is 0 Å². The first-order valence-corrected chi connectivity index (χ1v) is 6.64. The van der Waals surface area contributed by atoms with Crippen LogP contribution in [0.5, 0.6) is 0 Å². The number of aryl methyl sites for hydroxylation is 1. The molecule has 7 nitrogen and oxygen atoms in total. The van der Waals surface area contributed by atoms with E-state index in [2.05, 4.69) is 39.3 Å². The maximum absolute atomic E-state index is 4.28. The summed E-state index contributed by atoms with van der Waals surface area (Å²) in [5.41, 5.74) is 0. The van der Waals surface area contributed by atoms with Crippen LogP contribution in [0.3, 0.4) is 0 Å².